The van der Waals surface area contributed by atoms with Gasteiger partial charge in [-0.15, -0.1) is 0 Å². The van der Waals surface area contributed by atoms with Crippen molar-refractivity contribution in [1.29, 1.82) is 0 Å². The zero-order chi connectivity index (χ0) is 11.4. The molecule has 0 aromatic carbocycles. The van der Waals surface area contributed by atoms with Gasteiger partial charge in [-0.25, -0.2) is 0 Å². The van der Waals surface area contributed by atoms with Gasteiger partial charge in [0.25, 0.3) is 0 Å². The van der Waals surface area contributed by atoms with Crippen molar-refractivity contribution in [2.24, 2.45) is 0 Å². The number of hydrogen-bond donors (Lipinski definition) is 2. The highest BCUT2D eigenvalue weighted by Gasteiger charge is 2.07. The second-order valence-corrected chi connectivity index (χ2v) is 3.63. The smallest absolute Gasteiger partial charge is 0.133 e. The van der Waals surface area contributed by atoms with Crippen LogP contribution in [0.4, 0.5) is 0 Å². The average Bonchev–Trinajstić information content (AvgIpc) is 2.81. The Bertz CT molecular complexity index is 423. The molecule has 0 saturated heterocycles. The monoisotopic (exact) mass is 218 g/mol. The van der Waals surface area contributed by atoms with Crippen molar-refractivity contribution in [3.8, 4) is 5.75 Å². The fraction of sp³-hybridized carbons (Fsp3) is 0.250. The lowest BCUT2D eigenvalue weighted by Crippen LogP contribution is -2.18. The Morgan fingerprint density at radius 2 is 2.31 bits per heavy atom. The summed E-state index contributed by atoms with van der Waals surface area (Å²) in [6.45, 7) is 2.67. The summed E-state index contributed by atoms with van der Waals surface area (Å²) in [6.07, 6.45) is 3.10. The van der Waals surface area contributed by atoms with E-state index in [1.165, 1.54) is 6.20 Å². The van der Waals surface area contributed by atoms with E-state index in [2.05, 4.69) is 10.3 Å². The summed E-state index contributed by atoms with van der Waals surface area (Å²) in [7, 11) is 0. The van der Waals surface area contributed by atoms with Gasteiger partial charge in [0.15, 0.2) is 0 Å². The number of hydrogen-bond acceptors (Lipinski definition) is 4. The molecular formula is C12H14N2O2. The van der Waals surface area contributed by atoms with Crippen molar-refractivity contribution >= 4 is 0 Å². The molecule has 1 atom stereocenters. The Labute approximate surface area is 93.9 Å². The standard InChI is InChI=1S/C12H14N2O2/c1-9(12-3-2-6-16-12)13-7-10-4-5-11(15)8-14-10/h2-6,8-9,13,15H,7H2,1H3. The van der Waals surface area contributed by atoms with Crippen molar-refractivity contribution < 1.29 is 9.52 Å². The normalized spacial score (nSPS) is 12.6. The maximum atomic E-state index is 9.09. The van der Waals surface area contributed by atoms with Crippen molar-refractivity contribution in [2.45, 2.75) is 19.5 Å². The molecule has 0 spiro atoms. The van der Waals surface area contributed by atoms with Crippen LogP contribution < -0.4 is 5.32 Å². The Hall–Kier alpha value is -1.81. The molecule has 0 aliphatic heterocycles. The molecule has 4 nitrogen and oxygen atoms in total. The van der Waals surface area contributed by atoms with E-state index in [0.717, 1.165) is 11.5 Å². The Balaban J connectivity index is 1.90. The van der Waals surface area contributed by atoms with Crippen LogP contribution >= 0.6 is 0 Å². The first-order valence-corrected chi connectivity index (χ1v) is 5.16. The first-order chi connectivity index (χ1) is 7.75. The quantitative estimate of drug-likeness (QED) is 0.826. The van der Waals surface area contributed by atoms with Gasteiger partial charge < -0.3 is 14.8 Å². The Morgan fingerprint density at radius 3 is 2.94 bits per heavy atom. The summed E-state index contributed by atoms with van der Waals surface area (Å²) in [5, 5.41) is 12.4. The third-order valence-corrected chi connectivity index (χ3v) is 2.37. The second kappa shape index (κ2) is 4.81. The van der Waals surface area contributed by atoms with Gasteiger partial charge in [-0.1, -0.05) is 0 Å². The van der Waals surface area contributed by atoms with Crippen LogP contribution in [0.3, 0.4) is 0 Å². The number of aromatic hydroxyl groups is 1. The molecule has 16 heavy (non-hydrogen) atoms. The van der Waals surface area contributed by atoms with Gasteiger partial charge in [0.1, 0.15) is 11.5 Å². The summed E-state index contributed by atoms with van der Waals surface area (Å²) < 4.78 is 5.28. The molecule has 0 saturated carbocycles. The van der Waals surface area contributed by atoms with Crippen LogP contribution in [-0.4, -0.2) is 10.1 Å². The minimum atomic E-state index is 0.144. The molecule has 0 aliphatic carbocycles. The third-order valence-electron chi connectivity index (χ3n) is 2.37. The predicted molar refractivity (Wildman–Crippen MR) is 59.9 cm³/mol. The van der Waals surface area contributed by atoms with Crippen LogP contribution in [-0.2, 0) is 6.54 Å². The third kappa shape index (κ3) is 2.61. The fourth-order valence-corrected chi connectivity index (χ4v) is 1.42. The highest BCUT2D eigenvalue weighted by atomic mass is 16.3. The van der Waals surface area contributed by atoms with E-state index in [4.69, 9.17) is 9.52 Å². The van der Waals surface area contributed by atoms with Crippen molar-refractivity contribution in [3.63, 3.8) is 0 Å². The van der Waals surface area contributed by atoms with Gasteiger partial charge in [0.05, 0.1) is 24.2 Å². The van der Waals surface area contributed by atoms with E-state index in [9.17, 15) is 0 Å². The molecule has 0 amide bonds. The largest absolute Gasteiger partial charge is 0.506 e. The zero-order valence-corrected chi connectivity index (χ0v) is 9.05. The first-order valence-electron chi connectivity index (χ1n) is 5.16. The van der Waals surface area contributed by atoms with Gasteiger partial charge in [-0.3, -0.25) is 4.98 Å². The lowest BCUT2D eigenvalue weighted by molar-refractivity contribution is 0.428. The topological polar surface area (TPSA) is 58.3 Å². The predicted octanol–water partition coefficient (Wildman–Crippen LogP) is 2.23. The number of aromatic nitrogens is 1. The number of nitrogens with zero attached hydrogens (tertiary/aromatic N) is 1. The van der Waals surface area contributed by atoms with Crippen LogP contribution in [0, 0.1) is 0 Å². The van der Waals surface area contributed by atoms with E-state index in [0.29, 0.717) is 6.54 Å². The highest BCUT2D eigenvalue weighted by molar-refractivity contribution is 5.18. The number of rotatable bonds is 4. The fourth-order valence-electron chi connectivity index (χ4n) is 1.42. The van der Waals surface area contributed by atoms with Crippen LogP contribution in [0.1, 0.15) is 24.4 Å². The summed E-state index contributed by atoms with van der Waals surface area (Å²) in [6, 6.07) is 7.36. The Morgan fingerprint density at radius 1 is 1.44 bits per heavy atom. The molecule has 4 heteroatoms. The molecule has 2 aromatic heterocycles. The molecule has 2 aromatic rings. The summed E-state index contributed by atoms with van der Waals surface area (Å²) in [5.74, 6) is 1.08. The van der Waals surface area contributed by atoms with Crippen LogP contribution in [0.5, 0.6) is 5.75 Å². The van der Waals surface area contributed by atoms with E-state index in [-0.39, 0.29) is 11.8 Å². The molecule has 2 heterocycles. The van der Waals surface area contributed by atoms with Gasteiger partial charge in [-0.05, 0) is 31.2 Å². The molecule has 1 unspecified atom stereocenters. The van der Waals surface area contributed by atoms with Gasteiger partial charge in [0.2, 0.25) is 0 Å². The van der Waals surface area contributed by atoms with Crippen LogP contribution in [0.15, 0.2) is 41.1 Å². The maximum absolute atomic E-state index is 9.09. The van der Waals surface area contributed by atoms with E-state index < -0.39 is 0 Å². The minimum absolute atomic E-state index is 0.144. The van der Waals surface area contributed by atoms with Gasteiger partial charge in [-0.2, -0.15) is 0 Å². The minimum Gasteiger partial charge on any atom is -0.506 e. The van der Waals surface area contributed by atoms with Crippen molar-refractivity contribution in [2.75, 3.05) is 0 Å². The van der Waals surface area contributed by atoms with Crippen LogP contribution in [0.25, 0.3) is 0 Å². The molecule has 2 rings (SSSR count). The van der Waals surface area contributed by atoms with E-state index >= 15 is 0 Å². The van der Waals surface area contributed by atoms with Crippen molar-refractivity contribution in [3.05, 3.63) is 48.2 Å². The first kappa shape index (κ1) is 10.7. The molecule has 0 bridgehead atoms. The number of furan rings is 1. The summed E-state index contributed by atoms with van der Waals surface area (Å²) >= 11 is 0. The molecule has 0 radical (unpaired) electrons. The zero-order valence-electron chi connectivity index (χ0n) is 9.05. The molecule has 0 aliphatic rings. The van der Waals surface area contributed by atoms with Crippen LogP contribution in [0.2, 0.25) is 0 Å². The van der Waals surface area contributed by atoms with Crippen molar-refractivity contribution in [1.82, 2.24) is 10.3 Å². The van der Waals surface area contributed by atoms with Gasteiger partial charge in [0, 0.05) is 6.54 Å². The number of pyridine rings is 1. The van der Waals surface area contributed by atoms with Gasteiger partial charge >= 0.3 is 0 Å². The highest BCUT2D eigenvalue weighted by Crippen LogP contribution is 2.13. The Kier molecular flexibility index (Phi) is 3.22. The molecular weight excluding hydrogens is 204 g/mol. The molecule has 0 fully saturated rings. The summed E-state index contributed by atoms with van der Waals surface area (Å²) in [4.78, 5) is 4.09. The number of nitrogens with one attached hydrogen (secondary N) is 1. The molecule has 84 valence electrons. The average molecular weight is 218 g/mol. The summed E-state index contributed by atoms with van der Waals surface area (Å²) in [5.41, 5.74) is 0.885. The lowest BCUT2D eigenvalue weighted by atomic mass is 10.2. The van der Waals surface area contributed by atoms with E-state index in [1.807, 2.05) is 19.1 Å². The SMILES string of the molecule is CC(NCc1ccc(O)cn1)c1ccco1. The molecule has 2 N–H and O–H groups in total. The van der Waals surface area contributed by atoms with E-state index in [1.54, 1.807) is 18.4 Å². The second-order valence-electron chi connectivity index (χ2n) is 3.63. The maximum Gasteiger partial charge on any atom is 0.133 e. The lowest BCUT2D eigenvalue weighted by Gasteiger charge is -2.10.